The van der Waals surface area contributed by atoms with Crippen LogP contribution in [-0.4, -0.2) is 57.2 Å². The summed E-state index contributed by atoms with van der Waals surface area (Å²) in [5, 5.41) is 4.14. The summed E-state index contributed by atoms with van der Waals surface area (Å²) in [7, 11) is 2.02. The number of aromatic nitrogens is 3. The molecular weight excluding hydrogens is 314 g/mol. The highest BCUT2D eigenvalue weighted by atomic mass is 16.2. The van der Waals surface area contributed by atoms with E-state index < -0.39 is 0 Å². The van der Waals surface area contributed by atoms with E-state index in [1.165, 1.54) is 24.7 Å². The van der Waals surface area contributed by atoms with Crippen LogP contribution in [0.2, 0.25) is 0 Å². The van der Waals surface area contributed by atoms with Crippen LogP contribution < -0.4 is 0 Å². The molecule has 0 bridgehead atoms. The summed E-state index contributed by atoms with van der Waals surface area (Å²) < 4.78 is 1.74. The molecule has 1 fully saturated rings. The van der Waals surface area contributed by atoms with Gasteiger partial charge in [-0.05, 0) is 44.5 Å². The summed E-state index contributed by atoms with van der Waals surface area (Å²) >= 11 is 0. The Balaban J connectivity index is 1.59. The minimum Gasteiger partial charge on any atom is -0.342 e. The molecule has 0 spiro atoms. The van der Waals surface area contributed by atoms with E-state index in [1.54, 1.807) is 11.0 Å². The maximum absolute atomic E-state index is 12.6. The van der Waals surface area contributed by atoms with Crippen LogP contribution in [0.1, 0.15) is 44.2 Å². The molecule has 0 aliphatic carbocycles. The standard InChI is InChI=1S/C19H27N5O/c1-16(17-7-9-18(10-8-17)24-15-20-14-21-24)22(2)13-19(25)23-11-5-3-4-6-12-23/h7-10,14-16H,3-6,11-13H2,1-2H3/t16-/m1/s1. The SMILES string of the molecule is C[C@H](c1ccc(-n2cncn2)cc1)N(C)CC(=O)N1CCCCCC1. The Morgan fingerprint density at radius 1 is 1.16 bits per heavy atom. The Morgan fingerprint density at radius 2 is 1.84 bits per heavy atom. The third-order valence-corrected chi connectivity index (χ3v) is 5.06. The Hall–Kier alpha value is -2.21. The number of likely N-dealkylation sites (N-methyl/N-ethyl adjacent to an activating group) is 1. The molecule has 0 N–H and O–H groups in total. The van der Waals surface area contributed by atoms with Crippen LogP contribution in [0.3, 0.4) is 0 Å². The van der Waals surface area contributed by atoms with Gasteiger partial charge in [-0.1, -0.05) is 25.0 Å². The fraction of sp³-hybridized carbons (Fsp3) is 0.526. The maximum atomic E-state index is 12.6. The number of carbonyl (C=O) groups is 1. The second kappa shape index (κ2) is 8.25. The minimum absolute atomic E-state index is 0.181. The lowest BCUT2D eigenvalue weighted by Crippen LogP contribution is -2.40. The normalized spacial score (nSPS) is 16.7. The molecule has 1 aliphatic rings. The van der Waals surface area contributed by atoms with Crippen molar-refractivity contribution in [3.63, 3.8) is 0 Å². The summed E-state index contributed by atoms with van der Waals surface area (Å²) in [6.07, 6.45) is 7.97. The molecule has 2 heterocycles. The highest BCUT2D eigenvalue weighted by Crippen LogP contribution is 2.20. The highest BCUT2D eigenvalue weighted by molar-refractivity contribution is 5.78. The Labute approximate surface area is 149 Å². The van der Waals surface area contributed by atoms with E-state index in [9.17, 15) is 4.79 Å². The fourth-order valence-corrected chi connectivity index (χ4v) is 3.27. The van der Waals surface area contributed by atoms with Crippen molar-refractivity contribution in [2.45, 2.75) is 38.6 Å². The Morgan fingerprint density at radius 3 is 2.44 bits per heavy atom. The Kier molecular flexibility index (Phi) is 5.81. The van der Waals surface area contributed by atoms with Crippen molar-refractivity contribution >= 4 is 5.91 Å². The van der Waals surface area contributed by atoms with E-state index in [1.807, 2.05) is 24.1 Å². The molecule has 3 rings (SSSR count). The van der Waals surface area contributed by atoms with Gasteiger partial charge in [-0.25, -0.2) is 9.67 Å². The maximum Gasteiger partial charge on any atom is 0.236 e. The second-order valence-corrected chi connectivity index (χ2v) is 6.82. The van der Waals surface area contributed by atoms with Crippen LogP contribution in [-0.2, 0) is 4.79 Å². The first-order valence-corrected chi connectivity index (χ1v) is 9.08. The molecule has 1 atom stereocenters. The molecule has 1 amide bonds. The van der Waals surface area contributed by atoms with Crippen LogP contribution in [0.4, 0.5) is 0 Å². The Bertz CT molecular complexity index is 660. The lowest BCUT2D eigenvalue weighted by molar-refractivity contribution is -0.132. The van der Waals surface area contributed by atoms with E-state index >= 15 is 0 Å². The van der Waals surface area contributed by atoms with Gasteiger partial charge in [0, 0.05) is 19.1 Å². The van der Waals surface area contributed by atoms with Crippen molar-refractivity contribution < 1.29 is 4.79 Å². The predicted octanol–water partition coefficient (Wildman–Crippen LogP) is 2.66. The summed E-state index contributed by atoms with van der Waals surface area (Å²) in [6.45, 7) is 4.42. The van der Waals surface area contributed by atoms with Gasteiger partial charge in [-0.3, -0.25) is 9.69 Å². The van der Waals surface area contributed by atoms with Crippen LogP contribution >= 0.6 is 0 Å². The zero-order chi connectivity index (χ0) is 17.6. The number of benzene rings is 1. The van der Waals surface area contributed by atoms with Crippen LogP contribution in [0.15, 0.2) is 36.9 Å². The fourth-order valence-electron chi connectivity index (χ4n) is 3.27. The number of rotatable bonds is 5. The monoisotopic (exact) mass is 341 g/mol. The molecule has 6 heteroatoms. The lowest BCUT2D eigenvalue weighted by atomic mass is 10.1. The van der Waals surface area contributed by atoms with Gasteiger partial charge in [0.25, 0.3) is 0 Å². The smallest absolute Gasteiger partial charge is 0.236 e. The first-order chi connectivity index (χ1) is 12.1. The average molecular weight is 341 g/mol. The number of hydrogen-bond acceptors (Lipinski definition) is 4. The first-order valence-electron chi connectivity index (χ1n) is 9.08. The van der Waals surface area contributed by atoms with Gasteiger partial charge in [0.2, 0.25) is 5.91 Å². The van der Waals surface area contributed by atoms with Gasteiger partial charge >= 0.3 is 0 Å². The van der Waals surface area contributed by atoms with Crippen molar-refractivity contribution in [2.75, 3.05) is 26.7 Å². The number of hydrogen-bond donors (Lipinski definition) is 0. The summed E-state index contributed by atoms with van der Waals surface area (Å²) in [4.78, 5) is 20.7. The van der Waals surface area contributed by atoms with Gasteiger partial charge in [-0.2, -0.15) is 5.10 Å². The molecule has 134 valence electrons. The first kappa shape index (κ1) is 17.6. The van der Waals surface area contributed by atoms with E-state index in [4.69, 9.17) is 0 Å². The zero-order valence-electron chi connectivity index (χ0n) is 15.1. The number of nitrogens with zero attached hydrogens (tertiary/aromatic N) is 5. The lowest BCUT2D eigenvalue weighted by Gasteiger charge is -2.28. The molecule has 0 saturated carbocycles. The third-order valence-electron chi connectivity index (χ3n) is 5.06. The largest absolute Gasteiger partial charge is 0.342 e. The van der Waals surface area contributed by atoms with Crippen molar-refractivity contribution in [1.82, 2.24) is 24.6 Å². The number of likely N-dealkylation sites (tertiary alicyclic amines) is 1. The van der Waals surface area contributed by atoms with Gasteiger partial charge in [0.15, 0.2) is 0 Å². The predicted molar refractivity (Wildman–Crippen MR) is 97.5 cm³/mol. The van der Waals surface area contributed by atoms with Gasteiger partial charge < -0.3 is 4.90 Å². The molecule has 1 aromatic carbocycles. The summed E-state index contributed by atoms with van der Waals surface area (Å²) in [6, 6.07) is 8.43. The number of carbonyl (C=O) groups excluding carboxylic acids is 1. The van der Waals surface area contributed by atoms with Crippen LogP contribution in [0.25, 0.3) is 5.69 Å². The van der Waals surface area contributed by atoms with Crippen molar-refractivity contribution in [1.29, 1.82) is 0 Å². The summed E-state index contributed by atoms with van der Waals surface area (Å²) in [5.41, 5.74) is 2.17. The van der Waals surface area contributed by atoms with E-state index in [2.05, 4.69) is 34.0 Å². The third kappa shape index (κ3) is 4.45. The quantitative estimate of drug-likeness (QED) is 0.839. The highest BCUT2D eigenvalue weighted by Gasteiger charge is 2.20. The topological polar surface area (TPSA) is 54.3 Å². The molecule has 25 heavy (non-hydrogen) atoms. The second-order valence-electron chi connectivity index (χ2n) is 6.82. The van der Waals surface area contributed by atoms with Crippen LogP contribution in [0, 0.1) is 0 Å². The molecule has 1 aliphatic heterocycles. The van der Waals surface area contributed by atoms with E-state index in [0.717, 1.165) is 31.6 Å². The van der Waals surface area contributed by atoms with Crippen molar-refractivity contribution in [3.8, 4) is 5.69 Å². The summed E-state index contributed by atoms with van der Waals surface area (Å²) in [5.74, 6) is 0.246. The van der Waals surface area contributed by atoms with Crippen molar-refractivity contribution in [3.05, 3.63) is 42.5 Å². The molecule has 1 saturated heterocycles. The zero-order valence-corrected chi connectivity index (χ0v) is 15.1. The molecule has 2 aromatic rings. The van der Waals surface area contributed by atoms with E-state index in [-0.39, 0.29) is 11.9 Å². The van der Waals surface area contributed by atoms with Crippen molar-refractivity contribution in [2.24, 2.45) is 0 Å². The van der Waals surface area contributed by atoms with Gasteiger partial charge in [-0.15, -0.1) is 0 Å². The minimum atomic E-state index is 0.181. The molecule has 0 radical (unpaired) electrons. The van der Waals surface area contributed by atoms with Crippen LogP contribution in [0.5, 0.6) is 0 Å². The van der Waals surface area contributed by atoms with Gasteiger partial charge in [0.1, 0.15) is 12.7 Å². The van der Waals surface area contributed by atoms with E-state index in [0.29, 0.717) is 6.54 Å². The molecular formula is C19H27N5O. The average Bonchev–Trinajstić information content (AvgIpc) is 3.03. The molecule has 6 nitrogen and oxygen atoms in total. The molecule has 1 aromatic heterocycles. The van der Waals surface area contributed by atoms with Gasteiger partial charge in [0.05, 0.1) is 12.2 Å². The molecule has 0 unspecified atom stereocenters. The number of amides is 1.